The number of hydrogen-bond acceptors (Lipinski definition) is 3. The van der Waals surface area contributed by atoms with Gasteiger partial charge in [0.05, 0.1) is 6.04 Å². The second-order valence-electron chi connectivity index (χ2n) is 5.58. The Kier molecular flexibility index (Phi) is 4.09. The van der Waals surface area contributed by atoms with Crippen LogP contribution in [0.25, 0.3) is 0 Å². The van der Waals surface area contributed by atoms with E-state index in [1.165, 1.54) is 5.56 Å². The molecule has 0 bridgehead atoms. The zero-order valence-corrected chi connectivity index (χ0v) is 13.0. The minimum atomic E-state index is -0.205. The van der Waals surface area contributed by atoms with Gasteiger partial charge in [-0.15, -0.1) is 0 Å². The third-order valence-electron chi connectivity index (χ3n) is 3.91. The highest BCUT2D eigenvalue weighted by Crippen LogP contribution is 2.23. The summed E-state index contributed by atoms with van der Waals surface area (Å²) in [6.07, 6.45) is 2.87. The summed E-state index contributed by atoms with van der Waals surface area (Å²) >= 11 is 0. The minimum Gasteiger partial charge on any atom is -0.328 e. The van der Waals surface area contributed by atoms with E-state index >= 15 is 0 Å². The molecule has 0 spiro atoms. The molecule has 0 saturated heterocycles. The Morgan fingerprint density at radius 3 is 2.86 bits per heavy atom. The van der Waals surface area contributed by atoms with Crippen LogP contribution in [0.4, 0.5) is 10.5 Å². The Morgan fingerprint density at radius 1 is 1.36 bits per heavy atom. The summed E-state index contributed by atoms with van der Waals surface area (Å²) < 4.78 is 1.89. The first-order valence-electron chi connectivity index (χ1n) is 7.73. The van der Waals surface area contributed by atoms with Gasteiger partial charge in [-0.3, -0.25) is 0 Å². The van der Waals surface area contributed by atoms with Crippen molar-refractivity contribution in [3.8, 4) is 0 Å². The molecule has 0 fully saturated rings. The number of fused-ring (bicyclic) bond motifs is 1. The highest BCUT2D eigenvalue weighted by Gasteiger charge is 2.24. The van der Waals surface area contributed by atoms with Crippen LogP contribution in [-0.2, 0) is 13.0 Å². The van der Waals surface area contributed by atoms with Crippen LogP contribution in [0.5, 0.6) is 0 Å². The number of nitrogens with one attached hydrogen (secondary N) is 2. The first-order chi connectivity index (χ1) is 10.7. The maximum Gasteiger partial charge on any atom is 0.319 e. The fourth-order valence-electron chi connectivity index (χ4n) is 2.75. The van der Waals surface area contributed by atoms with Crippen LogP contribution in [0.3, 0.4) is 0 Å². The van der Waals surface area contributed by atoms with Gasteiger partial charge in [0, 0.05) is 12.2 Å². The largest absolute Gasteiger partial charge is 0.328 e. The molecule has 1 aromatic heterocycles. The van der Waals surface area contributed by atoms with E-state index in [9.17, 15) is 4.79 Å². The Bertz CT molecular complexity index is 662. The molecule has 1 atom stereocenters. The topological polar surface area (TPSA) is 71.8 Å². The summed E-state index contributed by atoms with van der Waals surface area (Å²) in [5, 5.41) is 10.2. The Balaban J connectivity index is 1.64. The molecule has 1 aliphatic heterocycles. The number of aryl methyl sites for hydroxylation is 3. The molecule has 0 radical (unpaired) electrons. The molecule has 6 heteroatoms. The van der Waals surface area contributed by atoms with Gasteiger partial charge in [0.25, 0.3) is 0 Å². The van der Waals surface area contributed by atoms with Gasteiger partial charge < -0.3 is 10.6 Å². The van der Waals surface area contributed by atoms with E-state index in [0.717, 1.165) is 43.1 Å². The quantitative estimate of drug-likeness (QED) is 0.915. The van der Waals surface area contributed by atoms with Crippen LogP contribution >= 0.6 is 0 Å². The summed E-state index contributed by atoms with van der Waals surface area (Å²) in [4.78, 5) is 16.6. The Labute approximate surface area is 129 Å². The molecule has 2 heterocycles. The fourth-order valence-corrected chi connectivity index (χ4v) is 2.75. The lowest BCUT2D eigenvalue weighted by atomic mass is 10.1. The third kappa shape index (κ3) is 3.10. The molecule has 2 amide bonds. The lowest BCUT2D eigenvalue weighted by molar-refractivity contribution is 0.244. The smallest absolute Gasteiger partial charge is 0.319 e. The van der Waals surface area contributed by atoms with Gasteiger partial charge in [0.2, 0.25) is 0 Å². The summed E-state index contributed by atoms with van der Waals surface area (Å²) in [5.41, 5.74) is 2.05. The molecule has 2 aromatic rings. The molecule has 1 aromatic carbocycles. The van der Waals surface area contributed by atoms with Gasteiger partial charge in [-0.05, 0) is 43.9 Å². The SMILES string of the molecule is CCc1ccc(NC(=O)NC2CCCn3nc(C)nc32)cc1. The normalized spacial score (nSPS) is 16.9. The molecule has 0 aliphatic carbocycles. The number of hydrogen-bond donors (Lipinski definition) is 2. The number of aromatic nitrogens is 3. The zero-order valence-electron chi connectivity index (χ0n) is 13.0. The monoisotopic (exact) mass is 299 g/mol. The van der Waals surface area contributed by atoms with Crippen molar-refractivity contribution in [1.82, 2.24) is 20.1 Å². The number of nitrogens with zero attached hydrogens (tertiary/aromatic N) is 3. The van der Waals surface area contributed by atoms with Gasteiger partial charge in [0.1, 0.15) is 11.6 Å². The van der Waals surface area contributed by atoms with Gasteiger partial charge in [-0.25, -0.2) is 14.5 Å². The molecule has 3 rings (SSSR count). The molecule has 2 N–H and O–H groups in total. The van der Waals surface area contributed by atoms with E-state index in [-0.39, 0.29) is 12.1 Å². The van der Waals surface area contributed by atoms with Crippen LogP contribution in [0.2, 0.25) is 0 Å². The maximum atomic E-state index is 12.2. The molecule has 22 heavy (non-hydrogen) atoms. The Morgan fingerprint density at radius 2 is 2.14 bits per heavy atom. The van der Waals surface area contributed by atoms with Crippen molar-refractivity contribution in [2.24, 2.45) is 0 Å². The molecule has 0 saturated carbocycles. The number of anilines is 1. The van der Waals surface area contributed by atoms with Crippen LogP contribution in [-0.4, -0.2) is 20.8 Å². The first-order valence-corrected chi connectivity index (χ1v) is 7.73. The van der Waals surface area contributed by atoms with Crippen LogP contribution in [0.1, 0.15) is 43.0 Å². The van der Waals surface area contributed by atoms with Crippen molar-refractivity contribution in [3.05, 3.63) is 41.5 Å². The molecule has 1 unspecified atom stereocenters. The zero-order chi connectivity index (χ0) is 15.5. The number of rotatable bonds is 3. The van der Waals surface area contributed by atoms with Crippen molar-refractivity contribution in [2.75, 3.05) is 5.32 Å². The molecule has 6 nitrogen and oxygen atoms in total. The van der Waals surface area contributed by atoms with Crippen molar-refractivity contribution in [3.63, 3.8) is 0 Å². The van der Waals surface area contributed by atoms with E-state index in [1.807, 2.05) is 35.9 Å². The standard InChI is InChI=1S/C16H21N5O/c1-3-12-6-8-13(9-7-12)18-16(22)19-14-5-4-10-21-15(14)17-11(2)20-21/h6-9,14H,3-5,10H2,1-2H3,(H2,18,19,22). The van der Waals surface area contributed by atoms with E-state index in [1.54, 1.807) is 0 Å². The number of carbonyl (C=O) groups excluding carboxylic acids is 1. The van der Waals surface area contributed by atoms with E-state index < -0.39 is 0 Å². The second kappa shape index (κ2) is 6.17. The predicted molar refractivity (Wildman–Crippen MR) is 84.7 cm³/mol. The number of carbonyl (C=O) groups is 1. The average molecular weight is 299 g/mol. The third-order valence-corrected chi connectivity index (χ3v) is 3.91. The van der Waals surface area contributed by atoms with Crippen molar-refractivity contribution in [2.45, 2.75) is 45.7 Å². The first kappa shape index (κ1) is 14.6. The number of urea groups is 1. The summed E-state index contributed by atoms with van der Waals surface area (Å²) in [6.45, 7) is 4.85. The van der Waals surface area contributed by atoms with E-state index in [0.29, 0.717) is 0 Å². The maximum absolute atomic E-state index is 12.2. The molecule has 116 valence electrons. The van der Waals surface area contributed by atoms with Gasteiger partial charge in [-0.1, -0.05) is 19.1 Å². The van der Waals surface area contributed by atoms with Gasteiger partial charge in [-0.2, -0.15) is 5.10 Å². The lowest BCUT2D eigenvalue weighted by Gasteiger charge is -2.23. The molecule has 1 aliphatic rings. The average Bonchev–Trinajstić information content (AvgIpc) is 2.89. The lowest BCUT2D eigenvalue weighted by Crippen LogP contribution is -2.36. The predicted octanol–water partition coefficient (Wildman–Crippen LogP) is 2.81. The molecular formula is C16H21N5O. The minimum absolute atomic E-state index is 0.0788. The summed E-state index contributed by atoms with van der Waals surface area (Å²) in [7, 11) is 0. The van der Waals surface area contributed by atoms with Crippen LogP contribution < -0.4 is 10.6 Å². The van der Waals surface area contributed by atoms with Crippen LogP contribution in [0, 0.1) is 6.92 Å². The number of amides is 2. The highest BCUT2D eigenvalue weighted by molar-refractivity contribution is 5.89. The Hall–Kier alpha value is -2.37. The van der Waals surface area contributed by atoms with Crippen LogP contribution in [0.15, 0.2) is 24.3 Å². The van der Waals surface area contributed by atoms with Crippen molar-refractivity contribution < 1.29 is 4.79 Å². The van der Waals surface area contributed by atoms with Crippen molar-refractivity contribution >= 4 is 11.7 Å². The summed E-state index contributed by atoms with van der Waals surface area (Å²) in [5.74, 6) is 1.60. The van der Waals surface area contributed by atoms with Gasteiger partial charge in [0.15, 0.2) is 0 Å². The van der Waals surface area contributed by atoms with Gasteiger partial charge >= 0.3 is 6.03 Å². The van der Waals surface area contributed by atoms with E-state index in [2.05, 4.69) is 27.6 Å². The number of benzene rings is 1. The second-order valence-corrected chi connectivity index (χ2v) is 5.58. The fraction of sp³-hybridized carbons (Fsp3) is 0.438. The molecular weight excluding hydrogens is 278 g/mol. The van der Waals surface area contributed by atoms with E-state index in [4.69, 9.17) is 0 Å². The highest BCUT2D eigenvalue weighted by atomic mass is 16.2. The van der Waals surface area contributed by atoms with Crippen molar-refractivity contribution in [1.29, 1.82) is 0 Å². The summed E-state index contributed by atoms with van der Waals surface area (Å²) in [6, 6.07) is 7.61.